The van der Waals surface area contributed by atoms with E-state index in [1.807, 2.05) is 18.2 Å². The Morgan fingerprint density at radius 1 is 1.14 bits per heavy atom. The fourth-order valence-corrected chi connectivity index (χ4v) is 3.69. The average Bonchev–Trinajstić information content (AvgIpc) is 2.46. The lowest BCUT2D eigenvalue weighted by molar-refractivity contribution is -0.115. The predicted octanol–water partition coefficient (Wildman–Crippen LogP) is 3.75. The van der Waals surface area contributed by atoms with Crippen molar-refractivity contribution in [3.05, 3.63) is 57.1 Å². The lowest BCUT2D eigenvalue weighted by atomic mass is 10.3. The Bertz CT molecular complexity index is 776. The number of hydrogen-bond donors (Lipinski definition) is 1. The molecule has 2 aromatic carbocycles. The molecule has 7 heteroatoms. The second-order valence-electron chi connectivity index (χ2n) is 4.58. The highest BCUT2D eigenvalue weighted by molar-refractivity contribution is 14.1. The Morgan fingerprint density at radius 2 is 1.82 bits per heavy atom. The number of benzene rings is 2. The van der Waals surface area contributed by atoms with Gasteiger partial charge in [0.15, 0.2) is 9.84 Å². The molecule has 4 nitrogen and oxygen atoms in total. The third kappa shape index (κ3) is 4.96. The highest BCUT2D eigenvalue weighted by Gasteiger charge is 2.16. The van der Waals surface area contributed by atoms with Gasteiger partial charge >= 0.3 is 0 Å². The molecule has 22 heavy (non-hydrogen) atoms. The van der Waals surface area contributed by atoms with Crippen LogP contribution < -0.4 is 5.32 Å². The van der Waals surface area contributed by atoms with E-state index in [0.29, 0.717) is 10.7 Å². The van der Waals surface area contributed by atoms with Crippen LogP contribution in [0.1, 0.15) is 6.42 Å². The Labute approximate surface area is 147 Å². The maximum atomic E-state index is 12.1. The van der Waals surface area contributed by atoms with E-state index in [4.69, 9.17) is 11.6 Å². The second kappa shape index (κ2) is 7.43. The van der Waals surface area contributed by atoms with E-state index in [1.54, 1.807) is 6.07 Å². The minimum absolute atomic E-state index is 0.101. The number of carbonyl (C=O) groups excluding carboxylic acids is 1. The molecular formula is C15H13ClINO3S. The zero-order chi connectivity index (χ0) is 16.2. The van der Waals surface area contributed by atoms with Crippen molar-refractivity contribution in [2.45, 2.75) is 11.3 Å². The quantitative estimate of drug-likeness (QED) is 0.707. The minimum atomic E-state index is -3.49. The summed E-state index contributed by atoms with van der Waals surface area (Å²) in [5.74, 6) is -0.579. The summed E-state index contributed by atoms with van der Waals surface area (Å²) in [6, 6.07) is 13.2. The van der Waals surface area contributed by atoms with Crippen molar-refractivity contribution in [1.29, 1.82) is 0 Å². The number of amides is 1. The third-order valence-electron chi connectivity index (χ3n) is 2.88. The summed E-state index contributed by atoms with van der Waals surface area (Å²) in [6.07, 6.45) is -0.101. The predicted molar refractivity (Wildman–Crippen MR) is 95.9 cm³/mol. The van der Waals surface area contributed by atoms with Crippen LogP contribution in [0.3, 0.4) is 0 Å². The smallest absolute Gasteiger partial charge is 0.225 e. The van der Waals surface area contributed by atoms with Crippen LogP contribution in [0.15, 0.2) is 53.4 Å². The first kappa shape index (κ1) is 17.2. The molecule has 0 saturated heterocycles. The fraction of sp³-hybridized carbons (Fsp3) is 0.133. The molecule has 0 spiro atoms. The largest absolute Gasteiger partial charge is 0.326 e. The van der Waals surface area contributed by atoms with Gasteiger partial charge in [0.05, 0.1) is 10.6 Å². The Hall–Kier alpha value is -1.12. The SMILES string of the molecule is O=C(CCS(=O)(=O)c1ccc(Cl)cc1)Nc1cccc(I)c1. The molecule has 0 saturated carbocycles. The summed E-state index contributed by atoms with van der Waals surface area (Å²) in [7, 11) is -3.49. The fourth-order valence-electron chi connectivity index (χ4n) is 1.78. The van der Waals surface area contributed by atoms with Crippen LogP contribution in [0.4, 0.5) is 5.69 Å². The summed E-state index contributed by atoms with van der Waals surface area (Å²) >= 11 is 7.87. The number of rotatable bonds is 5. The first-order valence-electron chi connectivity index (χ1n) is 6.40. The molecule has 2 rings (SSSR count). The van der Waals surface area contributed by atoms with Crippen molar-refractivity contribution >= 4 is 55.6 Å². The number of nitrogens with one attached hydrogen (secondary N) is 1. The van der Waals surface area contributed by atoms with E-state index in [2.05, 4.69) is 27.9 Å². The summed E-state index contributed by atoms with van der Waals surface area (Å²) < 4.78 is 25.3. The van der Waals surface area contributed by atoms with E-state index in [0.717, 1.165) is 3.57 Å². The molecule has 0 aliphatic heterocycles. The monoisotopic (exact) mass is 449 g/mol. The minimum Gasteiger partial charge on any atom is -0.326 e. The van der Waals surface area contributed by atoms with Crippen molar-refractivity contribution in [2.75, 3.05) is 11.1 Å². The molecule has 1 amide bonds. The van der Waals surface area contributed by atoms with Gasteiger partial charge in [0.1, 0.15) is 0 Å². The number of sulfone groups is 1. The van der Waals surface area contributed by atoms with Gasteiger partial charge in [-0.25, -0.2) is 8.42 Å². The number of carbonyl (C=O) groups is 1. The number of halogens is 2. The third-order valence-corrected chi connectivity index (χ3v) is 5.53. The molecule has 1 N–H and O–H groups in total. The van der Waals surface area contributed by atoms with Crippen molar-refractivity contribution in [3.63, 3.8) is 0 Å². The van der Waals surface area contributed by atoms with Crippen molar-refractivity contribution in [3.8, 4) is 0 Å². The van der Waals surface area contributed by atoms with Gasteiger partial charge in [-0.1, -0.05) is 17.7 Å². The zero-order valence-corrected chi connectivity index (χ0v) is 15.2. The van der Waals surface area contributed by atoms with Crippen molar-refractivity contribution in [2.24, 2.45) is 0 Å². The van der Waals surface area contributed by atoms with Crippen LogP contribution in [-0.4, -0.2) is 20.1 Å². The first-order valence-corrected chi connectivity index (χ1v) is 9.51. The molecule has 2 aromatic rings. The Balaban J connectivity index is 1.97. The summed E-state index contributed by atoms with van der Waals surface area (Å²) in [5.41, 5.74) is 0.654. The summed E-state index contributed by atoms with van der Waals surface area (Å²) in [5, 5.41) is 3.15. The molecule has 116 valence electrons. The molecule has 0 bridgehead atoms. The molecule has 0 aliphatic rings. The van der Waals surface area contributed by atoms with Crippen LogP contribution in [0, 0.1) is 3.57 Å². The van der Waals surface area contributed by atoms with Gasteiger partial charge in [0.2, 0.25) is 5.91 Å². The second-order valence-corrected chi connectivity index (χ2v) is 8.37. The highest BCUT2D eigenvalue weighted by atomic mass is 127. The summed E-state index contributed by atoms with van der Waals surface area (Å²) in [6.45, 7) is 0. The maximum Gasteiger partial charge on any atom is 0.225 e. The molecule has 0 radical (unpaired) electrons. The average molecular weight is 450 g/mol. The van der Waals surface area contributed by atoms with Crippen LogP contribution in [0.2, 0.25) is 5.02 Å². The van der Waals surface area contributed by atoms with E-state index in [9.17, 15) is 13.2 Å². The topological polar surface area (TPSA) is 63.2 Å². The Kier molecular flexibility index (Phi) is 5.82. The van der Waals surface area contributed by atoms with E-state index in [-0.39, 0.29) is 23.0 Å². The van der Waals surface area contributed by atoms with E-state index in [1.165, 1.54) is 24.3 Å². The van der Waals surface area contributed by atoms with Crippen LogP contribution >= 0.6 is 34.2 Å². The van der Waals surface area contributed by atoms with Gasteiger partial charge in [0, 0.05) is 20.7 Å². The highest BCUT2D eigenvalue weighted by Crippen LogP contribution is 2.17. The molecule has 0 heterocycles. The Morgan fingerprint density at radius 3 is 2.45 bits per heavy atom. The molecule has 0 fully saturated rings. The molecular weight excluding hydrogens is 437 g/mol. The molecule has 0 atom stereocenters. The lowest BCUT2D eigenvalue weighted by Gasteiger charge is -2.07. The molecule has 0 aromatic heterocycles. The maximum absolute atomic E-state index is 12.1. The van der Waals surface area contributed by atoms with E-state index < -0.39 is 9.84 Å². The van der Waals surface area contributed by atoms with Gasteiger partial charge in [-0.15, -0.1) is 0 Å². The normalized spacial score (nSPS) is 11.2. The van der Waals surface area contributed by atoms with Crippen molar-refractivity contribution < 1.29 is 13.2 Å². The molecule has 0 aliphatic carbocycles. The first-order chi connectivity index (χ1) is 10.4. The van der Waals surface area contributed by atoms with E-state index >= 15 is 0 Å². The summed E-state index contributed by atoms with van der Waals surface area (Å²) in [4.78, 5) is 12.0. The van der Waals surface area contributed by atoms with Crippen LogP contribution in [-0.2, 0) is 14.6 Å². The van der Waals surface area contributed by atoms with Gasteiger partial charge in [-0.3, -0.25) is 4.79 Å². The van der Waals surface area contributed by atoms with Crippen molar-refractivity contribution in [1.82, 2.24) is 0 Å². The van der Waals surface area contributed by atoms with Crippen LogP contribution in [0.25, 0.3) is 0 Å². The van der Waals surface area contributed by atoms with Gasteiger partial charge in [0.25, 0.3) is 0 Å². The molecule has 0 unspecified atom stereocenters. The standard InChI is InChI=1S/C15H13ClINO3S/c16-11-4-6-14(7-5-11)22(20,21)9-8-15(19)18-13-3-1-2-12(17)10-13/h1-7,10H,8-9H2,(H,18,19). The van der Waals surface area contributed by atoms with Gasteiger partial charge in [-0.05, 0) is 65.1 Å². The number of anilines is 1. The lowest BCUT2D eigenvalue weighted by Crippen LogP contribution is -2.17. The number of hydrogen-bond acceptors (Lipinski definition) is 3. The van der Waals surface area contributed by atoms with Gasteiger partial charge < -0.3 is 5.32 Å². The van der Waals surface area contributed by atoms with Crippen LogP contribution in [0.5, 0.6) is 0 Å². The zero-order valence-electron chi connectivity index (χ0n) is 11.4. The van der Waals surface area contributed by atoms with Gasteiger partial charge in [-0.2, -0.15) is 0 Å².